The van der Waals surface area contributed by atoms with Gasteiger partial charge in [-0.05, 0) is 12.0 Å². The molecule has 0 bridgehead atoms. The first kappa shape index (κ1) is 14.6. The predicted molar refractivity (Wildman–Crippen MR) is 89.2 cm³/mol. The van der Waals surface area contributed by atoms with Gasteiger partial charge in [0.1, 0.15) is 0 Å². The monoisotopic (exact) mass is 312 g/mol. The van der Waals surface area contributed by atoms with E-state index in [1.54, 1.807) is 17.8 Å². The summed E-state index contributed by atoms with van der Waals surface area (Å²) in [6.07, 6.45) is 4.93. The van der Waals surface area contributed by atoms with E-state index in [0.717, 1.165) is 23.0 Å². The van der Waals surface area contributed by atoms with Crippen LogP contribution in [0.4, 0.5) is 0 Å². The Morgan fingerprint density at radius 3 is 2.86 bits per heavy atom. The number of nitrogens with zero attached hydrogens (tertiary/aromatic N) is 3. The number of nitrogens with one attached hydrogen (secondary N) is 1. The van der Waals surface area contributed by atoms with Crippen molar-refractivity contribution >= 4 is 23.6 Å². The molecule has 0 amide bonds. The van der Waals surface area contributed by atoms with Gasteiger partial charge in [-0.25, -0.2) is 0 Å². The van der Waals surface area contributed by atoms with Gasteiger partial charge >= 0.3 is 0 Å². The van der Waals surface area contributed by atoms with Gasteiger partial charge in [0.2, 0.25) is 5.78 Å². The molecule has 0 saturated carbocycles. The minimum absolute atomic E-state index is 0.141. The molecular weight excluding hydrogens is 296 g/mol. The fourth-order valence-electron chi connectivity index (χ4n) is 2.20. The molecule has 1 N–H and O–H groups in total. The summed E-state index contributed by atoms with van der Waals surface area (Å²) in [5, 5.41) is 8.99. The van der Waals surface area contributed by atoms with E-state index in [2.05, 4.69) is 39.5 Å². The third kappa shape index (κ3) is 3.12. The van der Waals surface area contributed by atoms with Crippen molar-refractivity contribution in [2.45, 2.75) is 18.5 Å². The molecule has 5 nitrogen and oxygen atoms in total. The number of H-pyrrole nitrogens is 1. The fraction of sp³-hybridized carbons (Fsp3) is 0.188. The van der Waals surface area contributed by atoms with Crippen molar-refractivity contribution in [3.05, 3.63) is 64.1 Å². The standard InChI is InChI=1S/C16H16N4OS/c1-2-13-11-14(21)17-15-18-19-16(20(13)15)22-10-6-9-12-7-4-3-5-8-12/h3-9,11H,2,10H2,1H3,(H,17,18,21). The van der Waals surface area contributed by atoms with Gasteiger partial charge in [-0.2, -0.15) is 0 Å². The number of fused-ring (bicyclic) bond motifs is 1. The zero-order valence-electron chi connectivity index (χ0n) is 12.2. The lowest BCUT2D eigenvalue weighted by Gasteiger charge is -2.03. The zero-order chi connectivity index (χ0) is 15.4. The van der Waals surface area contributed by atoms with Crippen LogP contribution in [-0.2, 0) is 6.42 Å². The number of aromatic nitrogens is 4. The van der Waals surface area contributed by atoms with Crippen molar-refractivity contribution in [1.82, 2.24) is 19.6 Å². The first-order valence-corrected chi connectivity index (χ1v) is 8.08. The second kappa shape index (κ2) is 6.62. The Hall–Kier alpha value is -2.34. The van der Waals surface area contributed by atoms with Crippen LogP contribution in [0, 0.1) is 0 Å². The molecule has 0 saturated heterocycles. The smallest absolute Gasteiger partial charge is 0.252 e. The summed E-state index contributed by atoms with van der Waals surface area (Å²) in [7, 11) is 0. The number of rotatable bonds is 5. The van der Waals surface area contributed by atoms with E-state index < -0.39 is 0 Å². The van der Waals surface area contributed by atoms with E-state index in [4.69, 9.17) is 0 Å². The van der Waals surface area contributed by atoms with Crippen molar-refractivity contribution in [1.29, 1.82) is 0 Å². The third-order valence-corrected chi connectivity index (χ3v) is 4.12. The van der Waals surface area contributed by atoms with Crippen LogP contribution in [0.3, 0.4) is 0 Å². The Bertz CT molecular complexity index is 851. The second-order valence-corrected chi connectivity index (χ2v) is 5.73. The predicted octanol–water partition coefficient (Wildman–Crippen LogP) is 2.79. The van der Waals surface area contributed by atoms with Crippen LogP contribution in [-0.4, -0.2) is 25.3 Å². The second-order valence-electron chi connectivity index (χ2n) is 4.74. The summed E-state index contributed by atoms with van der Waals surface area (Å²) >= 11 is 1.59. The average molecular weight is 312 g/mol. The molecule has 2 heterocycles. The van der Waals surface area contributed by atoms with E-state index >= 15 is 0 Å². The molecule has 0 aliphatic rings. The minimum Gasteiger partial charge on any atom is -0.291 e. The quantitative estimate of drug-likeness (QED) is 0.736. The summed E-state index contributed by atoms with van der Waals surface area (Å²) in [4.78, 5) is 14.2. The number of benzene rings is 1. The van der Waals surface area contributed by atoms with Gasteiger partial charge in [0.15, 0.2) is 5.16 Å². The Balaban J connectivity index is 1.77. The van der Waals surface area contributed by atoms with Crippen LogP contribution >= 0.6 is 11.8 Å². The maximum absolute atomic E-state index is 11.5. The highest BCUT2D eigenvalue weighted by molar-refractivity contribution is 7.99. The van der Waals surface area contributed by atoms with Crippen molar-refractivity contribution in [3.63, 3.8) is 0 Å². The molecular formula is C16H16N4OS. The Morgan fingerprint density at radius 1 is 1.27 bits per heavy atom. The van der Waals surface area contributed by atoms with Gasteiger partial charge in [-0.15, -0.1) is 10.2 Å². The summed E-state index contributed by atoms with van der Waals surface area (Å²) in [5.41, 5.74) is 1.95. The number of aryl methyl sites for hydroxylation is 1. The molecule has 0 fully saturated rings. The Morgan fingerprint density at radius 2 is 2.09 bits per heavy atom. The van der Waals surface area contributed by atoms with Crippen molar-refractivity contribution < 1.29 is 0 Å². The molecule has 0 aliphatic heterocycles. The summed E-state index contributed by atoms with van der Waals surface area (Å²) in [6, 6.07) is 11.8. The maximum Gasteiger partial charge on any atom is 0.252 e. The topological polar surface area (TPSA) is 63.0 Å². The van der Waals surface area contributed by atoms with Crippen LogP contribution in [0.1, 0.15) is 18.2 Å². The average Bonchev–Trinajstić information content (AvgIpc) is 2.94. The maximum atomic E-state index is 11.5. The highest BCUT2D eigenvalue weighted by atomic mass is 32.2. The molecule has 0 radical (unpaired) electrons. The SMILES string of the molecule is CCc1cc(=O)[nH]c2nnc(SCC=Cc3ccccc3)n12. The van der Waals surface area contributed by atoms with E-state index in [-0.39, 0.29) is 5.56 Å². The summed E-state index contributed by atoms with van der Waals surface area (Å²) in [6.45, 7) is 2.01. The molecule has 0 aliphatic carbocycles. The lowest BCUT2D eigenvalue weighted by atomic mass is 10.2. The Kier molecular flexibility index (Phi) is 4.39. The third-order valence-electron chi connectivity index (χ3n) is 3.23. The minimum atomic E-state index is -0.141. The van der Waals surface area contributed by atoms with Gasteiger partial charge < -0.3 is 0 Å². The molecule has 0 spiro atoms. The van der Waals surface area contributed by atoms with Gasteiger partial charge in [0.25, 0.3) is 5.56 Å². The molecule has 3 aromatic rings. The van der Waals surface area contributed by atoms with E-state index in [0.29, 0.717) is 5.78 Å². The summed E-state index contributed by atoms with van der Waals surface area (Å²) in [5.74, 6) is 1.29. The van der Waals surface area contributed by atoms with Crippen molar-refractivity contribution in [2.75, 3.05) is 5.75 Å². The largest absolute Gasteiger partial charge is 0.291 e. The number of hydrogen-bond donors (Lipinski definition) is 1. The normalized spacial score (nSPS) is 11.5. The van der Waals surface area contributed by atoms with E-state index in [1.807, 2.05) is 29.5 Å². The molecule has 2 aromatic heterocycles. The number of aromatic amines is 1. The molecule has 0 atom stereocenters. The Labute approximate surface area is 132 Å². The van der Waals surface area contributed by atoms with Crippen LogP contribution in [0.5, 0.6) is 0 Å². The molecule has 6 heteroatoms. The lowest BCUT2D eigenvalue weighted by molar-refractivity contribution is 0.851. The van der Waals surface area contributed by atoms with Gasteiger partial charge in [0.05, 0.1) is 0 Å². The fourth-order valence-corrected chi connectivity index (χ4v) is 2.97. The van der Waals surface area contributed by atoms with Gasteiger partial charge in [-0.1, -0.05) is 61.2 Å². The number of hydrogen-bond acceptors (Lipinski definition) is 4. The first-order valence-electron chi connectivity index (χ1n) is 7.09. The summed E-state index contributed by atoms with van der Waals surface area (Å²) < 4.78 is 1.91. The molecule has 0 unspecified atom stereocenters. The van der Waals surface area contributed by atoms with E-state index in [1.165, 1.54) is 5.56 Å². The molecule has 3 rings (SSSR count). The highest BCUT2D eigenvalue weighted by Crippen LogP contribution is 2.18. The van der Waals surface area contributed by atoms with Crippen LogP contribution < -0.4 is 5.56 Å². The zero-order valence-corrected chi connectivity index (χ0v) is 13.0. The molecule has 112 valence electrons. The van der Waals surface area contributed by atoms with Crippen LogP contribution in [0.15, 0.2) is 52.4 Å². The number of thioether (sulfide) groups is 1. The van der Waals surface area contributed by atoms with Crippen LogP contribution in [0.2, 0.25) is 0 Å². The molecule has 22 heavy (non-hydrogen) atoms. The van der Waals surface area contributed by atoms with Gasteiger partial charge in [0, 0.05) is 17.5 Å². The van der Waals surface area contributed by atoms with E-state index in [9.17, 15) is 4.79 Å². The lowest BCUT2D eigenvalue weighted by Crippen LogP contribution is -2.11. The van der Waals surface area contributed by atoms with Gasteiger partial charge in [-0.3, -0.25) is 14.2 Å². The highest BCUT2D eigenvalue weighted by Gasteiger charge is 2.09. The van der Waals surface area contributed by atoms with Crippen molar-refractivity contribution in [3.8, 4) is 0 Å². The van der Waals surface area contributed by atoms with Crippen molar-refractivity contribution in [2.24, 2.45) is 0 Å². The first-order chi connectivity index (χ1) is 10.8. The van der Waals surface area contributed by atoms with Crippen LogP contribution in [0.25, 0.3) is 11.9 Å². The molecule has 1 aromatic carbocycles.